The second-order valence-corrected chi connectivity index (χ2v) is 3.75. The minimum Gasteiger partial charge on any atom is -0.397 e. The van der Waals surface area contributed by atoms with Gasteiger partial charge in [-0.1, -0.05) is 0 Å². The summed E-state index contributed by atoms with van der Waals surface area (Å²) in [5.74, 6) is 0.374. The summed E-state index contributed by atoms with van der Waals surface area (Å²) in [6.07, 6.45) is 6.29. The van der Waals surface area contributed by atoms with E-state index in [-0.39, 0.29) is 6.61 Å². The third-order valence-corrected chi connectivity index (χ3v) is 2.44. The molecule has 7 nitrogen and oxygen atoms in total. The van der Waals surface area contributed by atoms with E-state index in [0.717, 1.165) is 0 Å². The zero-order valence-corrected chi connectivity index (χ0v) is 9.67. The number of nitrogens with zero attached hydrogens (tertiary/aromatic N) is 3. The third-order valence-electron chi connectivity index (χ3n) is 2.44. The normalized spacial score (nSPS) is 17.3. The highest BCUT2D eigenvalue weighted by molar-refractivity contribution is 6.20. The van der Waals surface area contributed by atoms with Crippen LogP contribution >= 0.6 is 0 Å². The van der Waals surface area contributed by atoms with Crippen LogP contribution < -0.4 is 11.5 Å². The maximum atomic E-state index is 8.83. The molecule has 7 heteroatoms. The van der Waals surface area contributed by atoms with Crippen molar-refractivity contribution in [3.63, 3.8) is 0 Å². The van der Waals surface area contributed by atoms with Crippen LogP contribution in [0.2, 0.25) is 0 Å². The average Bonchev–Trinajstić information content (AvgIpc) is 2.66. The molecule has 6 N–H and O–H groups in total. The summed E-state index contributed by atoms with van der Waals surface area (Å²) in [4.78, 5) is 4.29. The summed E-state index contributed by atoms with van der Waals surface area (Å²) in [5, 5.41) is 20.3. The van der Waals surface area contributed by atoms with Crippen LogP contribution in [-0.2, 0) is 6.54 Å². The number of aliphatic imine (C=N–C) groups is 1. The van der Waals surface area contributed by atoms with Crippen LogP contribution in [0.15, 0.2) is 35.1 Å². The number of anilines is 1. The average molecular weight is 246 g/mol. The lowest BCUT2D eigenvalue weighted by Gasteiger charge is -2.06. The zero-order valence-electron chi connectivity index (χ0n) is 9.67. The van der Waals surface area contributed by atoms with Crippen molar-refractivity contribution in [3.8, 4) is 0 Å². The molecule has 0 spiro atoms. The van der Waals surface area contributed by atoms with Crippen molar-refractivity contribution in [3.05, 3.63) is 30.1 Å². The number of aliphatic hydroxyl groups is 1. The standard InChI is InChI=1S/C11H14N6O/c12-7-1-2-9(8(13)5-7)16-10-6-15-17(3-4-18)11(10)14/h1-2,5-6,12,18H,3-4,13-14H2/b12-7?,16-9-. The second-order valence-electron chi connectivity index (χ2n) is 3.75. The van der Waals surface area contributed by atoms with Crippen LogP contribution in [0.5, 0.6) is 0 Å². The van der Waals surface area contributed by atoms with Gasteiger partial charge in [0.25, 0.3) is 0 Å². The van der Waals surface area contributed by atoms with Gasteiger partial charge in [-0.15, -0.1) is 0 Å². The van der Waals surface area contributed by atoms with E-state index < -0.39 is 0 Å². The van der Waals surface area contributed by atoms with Crippen molar-refractivity contribution in [2.45, 2.75) is 6.54 Å². The molecule has 0 bridgehead atoms. The van der Waals surface area contributed by atoms with Crippen LogP contribution in [0.1, 0.15) is 0 Å². The van der Waals surface area contributed by atoms with Gasteiger partial charge < -0.3 is 22.0 Å². The van der Waals surface area contributed by atoms with Crippen LogP contribution in [-0.4, -0.2) is 32.9 Å². The molecule has 0 amide bonds. The number of nitrogen functional groups attached to an aromatic ring is 1. The van der Waals surface area contributed by atoms with Gasteiger partial charge in [-0.2, -0.15) is 5.10 Å². The first-order valence-corrected chi connectivity index (χ1v) is 5.37. The first-order chi connectivity index (χ1) is 8.61. The topological polar surface area (TPSA) is 126 Å². The highest BCUT2D eigenvalue weighted by Crippen LogP contribution is 2.22. The van der Waals surface area contributed by atoms with Crippen molar-refractivity contribution in [2.24, 2.45) is 10.7 Å². The Kier molecular flexibility index (Phi) is 3.24. The fourth-order valence-corrected chi connectivity index (χ4v) is 1.53. The first kappa shape index (κ1) is 12.1. The number of hydrogen-bond acceptors (Lipinski definition) is 6. The predicted molar refractivity (Wildman–Crippen MR) is 70.0 cm³/mol. The SMILES string of the molecule is N=C1C=C/C(=N/c2cnn(CCO)c2N)C(N)=C1. The highest BCUT2D eigenvalue weighted by atomic mass is 16.3. The zero-order chi connectivity index (χ0) is 13.1. The molecule has 1 heterocycles. The van der Waals surface area contributed by atoms with Gasteiger partial charge in [0.1, 0.15) is 11.5 Å². The summed E-state index contributed by atoms with van der Waals surface area (Å²) in [6, 6.07) is 0. The van der Waals surface area contributed by atoms with Gasteiger partial charge in [0.2, 0.25) is 0 Å². The highest BCUT2D eigenvalue weighted by Gasteiger charge is 2.10. The number of allylic oxidation sites excluding steroid dienone is 3. The molecular weight excluding hydrogens is 232 g/mol. The molecular formula is C11H14N6O. The van der Waals surface area contributed by atoms with Gasteiger partial charge in [-0.25, -0.2) is 9.67 Å². The first-order valence-electron chi connectivity index (χ1n) is 5.37. The number of rotatable bonds is 3. The van der Waals surface area contributed by atoms with E-state index >= 15 is 0 Å². The molecule has 18 heavy (non-hydrogen) atoms. The predicted octanol–water partition coefficient (Wildman–Crippen LogP) is -0.0377. The molecule has 0 aliphatic heterocycles. The number of aromatic nitrogens is 2. The van der Waals surface area contributed by atoms with E-state index in [1.54, 1.807) is 12.2 Å². The van der Waals surface area contributed by atoms with Crippen LogP contribution in [0, 0.1) is 5.41 Å². The Hall–Kier alpha value is -2.41. The maximum absolute atomic E-state index is 8.83. The smallest absolute Gasteiger partial charge is 0.147 e. The number of nitrogens with two attached hydrogens (primary N) is 2. The molecule has 0 radical (unpaired) electrons. The largest absolute Gasteiger partial charge is 0.397 e. The van der Waals surface area contributed by atoms with E-state index in [2.05, 4.69) is 10.1 Å². The van der Waals surface area contributed by atoms with Crippen LogP contribution in [0.25, 0.3) is 0 Å². The summed E-state index contributed by atoms with van der Waals surface area (Å²) < 4.78 is 1.47. The van der Waals surface area contributed by atoms with Crippen molar-refractivity contribution >= 4 is 22.9 Å². The minimum atomic E-state index is -0.0407. The van der Waals surface area contributed by atoms with Crippen molar-refractivity contribution in [1.29, 1.82) is 5.41 Å². The summed E-state index contributed by atoms with van der Waals surface area (Å²) in [7, 11) is 0. The summed E-state index contributed by atoms with van der Waals surface area (Å²) >= 11 is 0. The maximum Gasteiger partial charge on any atom is 0.147 e. The molecule has 0 atom stereocenters. The van der Waals surface area contributed by atoms with Gasteiger partial charge in [-0.05, 0) is 18.2 Å². The van der Waals surface area contributed by atoms with Crippen LogP contribution in [0.4, 0.5) is 11.5 Å². The Labute approximate surface area is 104 Å². The second kappa shape index (κ2) is 4.84. The molecule has 1 aliphatic rings. The molecule has 1 aromatic heterocycles. The lowest BCUT2D eigenvalue weighted by molar-refractivity contribution is 0.270. The summed E-state index contributed by atoms with van der Waals surface area (Å²) in [6.45, 7) is 0.281. The Balaban J connectivity index is 2.31. The van der Waals surface area contributed by atoms with E-state index in [0.29, 0.717) is 35.2 Å². The molecule has 0 aromatic carbocycles. The molecule has 1 aliphatic carbocycles. The van der Waals surface area contributed by atoms with Crippen molar-refractivity contribution < 1.29 is 5.11 Å². The monoisotopic (exact) mass is 246 g/mol. The van der Waals surface area contributed by atoms with Gasteiger partial charge in [0, 0.05) is 0 Å². The van der Waals surface area contributed by atoms with Crippen LogP contribution in [0.3, 0.4) is 0 Å². The Morgan fingerprint density at radius 1 is 1.39 bits per heavy atom. The molecule has 2 rings (SSSR count). The van der Waals surface area contributed by atoms with Crippen molar-refractivity contribution in [1.82, 2.24) is 9.78 Å². The lowest BCUT2D eigenvalue weighted by Crippen LogP contribution is -2.14. The molecule has 0 saturated carbocycles. The van der Waals surface area contributed by atoms with Gasteiger partial charge >= 0.3 is 0 Å². The number of nitrogens with one attached hydrogen (secondary N) is 1. The molecule has 1 aromatic rings. The van der Waals surface area contributed by atoms with E-state index in [1.165, 1.54) is 17.0 Å². The molecule has 94 valence electrons. The van der Waals surface area contributed by atoms with Gasteiger partial charge in [-0.3, -0.25) is 0 Å². The van der Waals surface area contributed by atoms with E-state index in [4.69, 9.17) is 22.0 Å². The van der Waals surface area contributed by atoms with E-state index in [1.807, 2.05) is 0 Å². The summed E-state index contributed by atoms with van der Waals surface area (Å²) in [5.41, 5.74) is 13.4. The van der Waals surface area contributed by atoms with E-state index in [9.17, 15) is 0 Å². The van der Waals surface area contributed by atoms with Gasteiger partial charge in [0.05, 0.1) is 36.5 Å². The molecule has 0 unspecified atom stereocenters. The Bertz CT molecular complexity index is 566. The third kappa shape index (κ3) is 2.30. The Morgan fingerprint density at radius 2 is 2.17 bits per heavy atom. The van der Waals surface area contributed by atoms with Gasteiger partial charge in [0.15, 0.2) is 0 Å². The Morgan fingerprint density at radius 3 is 2.83 bits per heavy atom. The fraction of sp³-hybridized carbons (Fsp3) is 0.182. The fourth-order valence-electron chi connectivity index (χ4n) is 1.53. The molecule has 0 fully saturated rings. The lowest BCUT2D eigenvalue weighted by atomic mass is 10.1. The number of hydrogen-bond donors (Lipinski definition) is 4. The van der Waals surface area contributed by atoms with Crippen molar-refractivity contribution in [2.75, 3.05) is 12.3 Å². The quantitative estimate of drug-likeness (QED) is 0.558. The molecule has 0 saturated heterocycles. The number of aliphatic hydroxyl groups excluding tert-OH is 1. The minimum absolute atomic E-state index is 0.0407.